The maximum absolute atomic E-state index is 14.9. The van der Waals surface area contributed by atoms with Gasteiger partial charge in [0.1, 0.15) is 35.6 Å². The number of aromatic hydroxyl groups is 2. The molecule has 1 heterocycles. The monoisotopic (exact) mass is 802 g/mol. The van der Waals surface area contributed by atoms with Crippen LogP contribution in [0.1, 0.15) is 87.4 Å². The molecule has 306 valence electrons. The van der Waals surface area contributed by atoms with Crippen LogP contribution in [0.3, 0.4) is 0 Å². The summed E-state index contributed by atoms with van der Waals surface area (Å²) in [6, 6.07) is 9.04. The Morgan fingerprint density at radius 1 is 0.931 bits per heavy atom. The number of nitrogens with one attached hydrogen (secondary N) is 1. The van der Waals surface area contributed by atoms with Crippen LogP contribution in [0.4, 0.5) is 0 Å². The minimum Gasteiger partial charge on any atom is -0.507 e. The third-order valence-corrected chi connectivity index (χ3v) is 11.7. The average Bonchev–Trinajstić information content (AvgIpc) is 3.18. The minimum absolute atomic E-state index is 0.00325. The average molecular weight is 803 g/mol. The topological polar surface area (TPSA) is 257 Å². The van der Waals surface area contributed by atoms with E-state index >= 15 is 0 Å². The van der Waals surface area contributed by atoms with Crippen LogP contribution >= 0.6 is 0 Å². The number of carbonyl (C=O) groups is 5. The molecule has 1 unspecified atom stereocenters. The van der Waals surface area contributed by atoms with Crippen molar-refractivity contribution in [3.8, 4) is 17.2 Å². The fraction of sp³-hybridized carbons (Fsp3) is 0.415. The van der Waals surface area contributed by atoms with Crippen molar-refractivity contribution < 1.29 is 73.2 Å². The summed E-state index contributed by atoms with van der Waals surface area (Å²) in [4.78, 5) is 75.3. The molecule has 0 radical (unpaired) electrons. The van der Waals surface area contributed by atoms with E-state index in [-0.39, 0.29) is 28.9 Å². The number of methoxy groups -OCH3 is 4. The Morgan fingerprint density at radius 2 is 1.60 bits per heavy atom. The predicted octanol–water partition coefficient (Wildman–Crippen LogP) is 1.26. The molecule has 0 aromatic heterocycles. The zero-order valence-corrected chi connectivity index (χ0v) is 32.3. The maximum Gasteiger partial charge on any atom is 0.255 e. The van der Waals surface area contributed by atoms with E-state index < -0.39 is 129 Å². The van der Waals surface area contributed by atoms with E-state index in [0.717, 1.165) is 13.2 Å². The van der Waals surface area contributed by atoms with Crippen LogP contribution in [0.5, 0.6) is 17.2 Å². The number of fused-ring (bicyclic) bond motifs is 5. The molecule has 1 saturated heterocycles. The van der Waals surface area contributed by atoms with Gasteiger partial charge < -0.3 is 54.5 Å². The summed E-state index contributed by atoms with van der Waals surface area (Å²) in [7, 11) is 5.09. The number of benzene rings is 3. The first-order valence-electron chi connectivity index (χ1n) is 18.3. The maximum atomic E-state index is 14.9. The van der Waals surface area contributed by atoms with Crippen molar-refractivity contribution in [3.63, 3.8) is 0 Å². The number of ketones is 4. The van der Waals surface area contributed by atoms with Crippen molar-refractivity contribution in [2.75, 3.05) is 28.4 Å². The standard InChI is InChI=1S/C41H42N2O15/c1-16-11-19-12-25(45)41(57-6)37(51)28-22(36(50)40(41,53)29(19)32(48)26(16)38(52)42-15-18-7-9-20(54-3)10-8-18)13-21-27(31(28)47)24(44)14-23(30(21)46)43-39-35(56-5)33(49)34(55-4)17(2)58-39/h7-11,13,17,25,33-35,39,45,47-49,53H,12,14-15H2,1-6H3,(H,42,52)/t17-,25+,33+,34-,35+,39?,40-,41+/m0/s1. The zero-order valence-electron chi connectivity index (χ0n) is 32.3. The fourth-order valence-electron chi connectivity index (χ4n) is 8.84. The largest absolute Gasteiger partial charge is 0.507 e. The van der Waals surface area contributed by atoms with E-state index in [1.807, 2.05) is 0 Å². The molecule has 3 aliphatic carbocycles. The number of aliphatic hydroxyl groups excluding tert-OH is 2. The van der Waals surface area contributed by atoms with Gasteiger partial charge >= 0.3 is 0 Å². The number of aliphatic hydroxyl groups is 3. The van der Waals surface area contributed by atoms with Gasteiger partial charge in [0.2, 0.25) is 17.3 Å². The van der Waals surface area contributed by atoms with Crippen molar-refractivity contribution in [2.45, 2.75) is 81.2 Å². The normalized spacial score (nSPS) is 29.7. The Bertz CT molecular complexity index is 2300. The second kappa shape index (κ2) is 14.8. The lowest BCUT2D eigenvalue weighted by Gasteiger charge is -2.53. The fourth-order valence-corrected chi connectivity index (χ4v) is 8.84. The number of Topliss-reactive ketones (excluding diaryl/α,β-unsaturated/α-hetero) is 4. The second-order valence-corrected chi connectivity index (χ2v) is 14.7. The number of phenolic OH excluding ortho intramolecular Hbond substituents is 2. The third kappa shape index (κ3) is 5.71. The number of nitrogens with zero attached hydrogens (tertiary/aromatic N) is 1. The molecule has 58 heavy (non-hydrogen) atoms. The highest BCUT2D eigenvalue weighted by Gasteiger charge is 2.72. The lowest BCUT2D eigenvalue weighted by molar-refractivity contribution is -0.228. The van der Waals surface area contributed by atoms with Crippen LogP contribution in [0.25, 0.3) is 0 Å². The molecule has 0 bridgehead atoms. The van der Waals surface area contributed by atoms with Gasteiger partial charge in [0.25, 0.3) is 5.91 Å². The summed E-state index contributed by atoms with van der Waals surface area (Å²) in [6.45, 7) is 3.11. The van der Waals surface area contributed by atoms with Gasteiger partial charge in [-0.3, -0.25) is 29.0 Å². The summed E-state index contributed by atoms with van der Waals surface area (Å²) in [5, 5.41) is 61.4. The summed E-state index contributed by atoms with van der Waals surface area (Å²) >= 11 is 0. The number of rotatable bonds is 8. The van der Waals surface area contributed by atoms with Gasteiger partial charge in [0.15, 0.2) is 23.2 Å². The number of amides is 1. The van der Waals surface area contributed by atoms with Crippen LogP contribution in [0, 0.1) is 6.92 Å². The summed E-state index contributed by atoms with van der Waals surface area (Å²) < 4.78 is 27.3. The summed E-state index contributed by atoms with van der Waals surface area (Å²) in [5.74, 6) is -6.70. The molecule has 1 fully saturated rings. The lowest BCUT2D eigenvalue weighted by atomic mass is 9.56. The summed E-state index contributed by atoms with van der Waals surface area (Å²) in [5.41, 5.74) is -9.31. The number of carbonyl (C=O) groups excluding carboxylic acids is 5. The van der Waals surface area contributed by atoms with Crippen molar-refractivity contribution in [1.29, 1.82) is 0 Å². The Labute approximate surface area is 331 Å². The van der Waals surface area contributed by atoms with E-state index in [4.69, 9.17) is 23.7 Å². The van der Waals surface area contributed by atoms with Gasteiger partial charge in [0, 0.05) is 51.0 Å². The van der Waals surface area contributed by atoms with E-state index in [2.05, 4.69) is 10.3 Å². The van der Waals surface area contributed by atoms with Crippen LogP contribution < -0.4 is 10.1 Å². The lowest BCUT2D eigenvalue weighted by Crippen LogP contribution is -2.73. The van der Waals surface area contributed by atoms with E-state index in [0.29, 0.717) is 11.3 Å². The first kappa shape index (κ1) is 40.8. The zero-order chi connectivity index (χ0) is 42.2. The van der Waals surface area contributed by atoms with Gasteiger partial charge in [-0.15, -0.1) is 0 Å². The molecule has 1 aliphatic heterocycles. The van der Waals surface area contributed by atoms with Crippen LogP contribution in [0.2, 0.25) is 0 Å². The molecule has 17 heteroatoms. The van der Waals surface area contributed by atoms with Gasteiger partial charge in [0.05, 0.1) is 48.1 Å². The Hall–Kier alpha value is -5.40. The van der Waals surface area contributed by atoms with Gasteiger partial charge in [-0.2, -0.15) is 0 Å². The first-order chi connectivity index (χ1) is 27.5. The molecule has 3 aromatic carbocycles. The Morgan fingerprint density at radius 3 is 2.22 bits per heavy atom. The highest BCUT2D eigenvalue weighted by Crippen LogP contribution is 2.56. The molecule has 1 amide bonds. The molecule has 17 nitrogen and oxygen atoms in total. The third-order valence-electron chi connectivity index (χ3n) is 11.7. The Balaban J connectivity index is 1.34. The molecular formula is C41H42N2O15. The highest BCUT2D eigenvalue weighted by atomic mass is 16.6. The molecule has 0 spiro atoms. The predicted molar refractivity (Wildman–Crippen MR) is 200 cm³/mol. The van der Waals surface area contributed by atoms with Crippen LogP contribution in [0.15, 0.2) is 41.4 Å². The van der Waals surface area contributed by atoms with Gasteiger partial charge in [-0.05, 0) is 48.7 Å². The molecule has 7 rings (SSSR count). The van der Waals surface area contributed by atoms with Crippen molar-refractivity contribution in [3.05, 3.63) is 86.5 Å². The quantitative estimate of drug-likeness (QED) is 0.187. The van der Waals surface area contributed by atoms with Crippen LogP contribution in [-0.4, -0.2) is 131 Å². The number of aryl methyl sites for hydroxylation is 1. The molecule has 4 aliphatic rings. The van der Waals surface area contributed by atoms with Crippen molar-refractivity contribution in [1.82, 2.24) is 5.32 Å². The molecule has 3 aromatic rings. The van der Waals surface area contributed by atoms with Crippen molar-refractivity contribution in [2.24, 2.45) is 4.99 Å². The van der Waals surface area contributed by atoms with E-state index in [1.165, 1.54) is 34.3 Å². The number of hydrogen-bond donors (Lipinski definition) is 6. The minimum atomic E-state index is -3.26. The van der Waals surface area contributed by atoms with Crippen LogP contribution in [-0.2, 0) is 37.5 Å². The highest BCUT2D eigenvalue weighted by molar-refractivity contribution is 6.53. The van der Waals surface area contributed by atoms with Gasteiger partial charge in [-0.25, -0.2) is 0 Å². The number of hydrogen-bond acceptors (Lipinski definition) is 16. The summed E-state index contributed by atoms with van der Waals surface area (Å²) in [6.07, 6.45) is -8.31. The van der Waals surface area contributed by atoms with Gasteiger partial charge in [-0.1, -0.05) is 18.2 Å². The number of aliphatic imine (C=N–C) groups is 1. The van der Waals surface area contributed by atoms with Crippen molar-refractivity contribution >= 4 is 34.8 Å². The van der Waals surface area contributed by atoms with E-state index in [1.54, 1.807) is 31.2 Å². The second-order valence-electron chi connectivity index (χ2n) is 14.7. The molecule has 8 atom stereocenters. The number of phenols is 2. The number of ether oxygens (including phenoxy) is 5. The molecule has 0 saturated carbocycles. The van der Waals surface area contributed by atoms with E-state index in [9.17, 15) is 49.5 Å². The molecular weight excluding hydrogens is 760 g/mol. The Kier molecular flexibility index (Phi) is 10.4. The smallest absolute Gasteiger partial charge is 0.255 e. The SMILES string of the molecule is COc1ccc(CNC(=O)c2c(C)cc3c(c2O)[C@]2(O)C(=O)c4cc5c(c(O)c4C(=O)[C@]2(OC)[C@H](O)C3)C(=O)CC(=NC2O[C@@H](C)[C@H](OC)[C@@H](O)[C@H]2OC)C5=O)cc1. The first-order valence-corrected chi connectivity index (χ1v) is 18.3. The molecule has 6 N–H and O–H groups in total.